The summed E-state index contributed by atoms with van der Waals surface area (Å²) in [5, 5.41) is 3.33. The van der Waals surface area contributed by atoms with Gasteiger partial charge in [-0.1, -0.05) is 29.8 Å². The average molecular weight is 300 g/mol. The minimum atomic E-state index is 0.245. The zero-order valence-corrected chi connectivity index (χ0v) is 12.7. The summed E-state index contributed by atoms with van der Waals surface area (Å²) in [4.78, 5) is 0. The molecule has 2 nitrogen and oxygen atoms in total. The Kier molecular flexibility index (Phi) is 6.00. The quantitative estimate of drug-likeness (QED) is 0.862. The van der Waals surface area contributed by atoms with Gasteiger partial charge in [0.05, 0.1) is 0 Å². The first-order valence-electron chi connectivity index (χ1n) is 6.22. The average Bonchev–Trinajstić information content (AvgIpc) is 2.31. The van der Waals surface area contributed by atoms with Gasteiger partial charge in [0.1, 0.15) is 11.9 Å². The summed E-state index contributed by atoms with van der Waals surface area (Å²) in [6.07, 6.45) is 1.26. The molecule has 1 aromatic carbocycles. The van der Waals surface area contributed by atoms with Crippen LogP contribution in [-0.4, -0.2) is 19.2 Å². The zero-order chi connectivity index (χ0) is 12.8. The highest BCUT2D eigenvalue weighted by molar-refractivity contribution is 9.10. The van der Waals surface area contributed by atoms with Gasteiger partial charge in [-0.15, -0.1) is 0 Å². The van der Waals surface area contributed by atoms with E-state index < -0.39 is 0 Å². The molecule has 17 heavy (non-hydrogen) atoms. The highest BCUT2D eigenvalue weighted by Gasteiger charge is 2.09. The van der Waals surface area contributed by atoms with E-state index in [2.05, 4.69) is 61.1 Å². The van der Waals surface area contributed by atoms with Crippen molar-refractivity contribution in [2.75, 3.05) is 13.1 Å². The van der Waals surface area contributed by atoms with Crippen LogP contribution in [0.5, 0.6) is 5.75 Å². The van der Waals surface area contributed by atoms with Gasteiger partial charge in [-0.3, -0.25) is 0 Å². The third-order valence-electron chi connectivity index (χ3n) is 2.79. The Bertz CT molecular complexity index is 342. The van der Waals surface area contributed by atoms with Gasteiger partial charge in [0.25, 0.3) is 0 Å². The Morgan fingerprint density at radius 3 is 2.29 bits per heavy atom. The molecule has 1 N–H and O–H groups in total. The van der Waals surface area contributed by atoms with Crippen LogP contribution in [0.15, 0.2) is 16.6 Å². The van der Waals surface area contributed by atoms with Crippen molar-refractivity contribution in [1.29, 1.82) is 0 Å². The molecular formula is C14H22BrNO. The Morgan fingerprint density at radius 2 is 1.82 bits per heavy atom. The summed E-state index contributed by atoms with van der Waals surface area (Å²) in [5.74, 6) is 0.966. The van der Waals surface area contributed by atoms with Crippen LogP contribution < -0.4 is 10.1 Å². The van der Waals surface area contributed by atoms with Crippen LogP contribution in [-0.2, 0) is 0 Å². The van der Waals surface area contributed by atoms with Gasteiger partial charge in [-0.25, -0.2) is 0 Å². The van der Waals surface area contributed by atoms with Gasteiger partial charge in [0.2, 0.25) is 0 Å². The van der Waals surface area contributed by atoms with Crippen molar-refractivity contribution in [3.8, 4) is 5.75 Å². The molecule has 0 saturated heterocycles. The number of ether oxygens (including phenoxy) is 1. The molecule has 0 spiro atoms. The van der Waals surface area contributed by atoms with Gasteiger partial charge < -0.3 is 10.1 Å². The third kappa shape index (κ3) is 4.32. The van der Waals surface area contributed by atoms with E-state index in [1.54, 1.807) is 0 Å². The molecule has 0 aliphatic carbocycles. The van der Waals surface area contributed by atoms with Gasteiger partial charge in [0, 0.05) is 11.0 Å². The van der Waals surface area contributed by atoms with Crippen molar-refractivity contribution < 1.29 is 4.74 Å². The Balaban J connectivity index is 2.72. The van der Waals surface area contributed by atoms with Gasteiger partial charge >= 0.3 is 0 Å². The lowest BCUT2D eigenvalue weighted by Gasteiger charge is -2.19. The van der Waals surface area contributed by atoms with E-state index in [1.807, 2.05) is 0 Å². The maximum Gasteiger partial charge on any atom is 0.120 e. The Hall–Kier alpha value is -0.540. The summed E-state index contributed by atoms with van der Waals surface area (Å²) < 4.78 is 7.17. The fraction of sp³-hybridized carbons (Fsp3) is 0.571. The van der Waals surface area contributed by atoms with Gasteiger partial charge in [-0.05, 0) is 50.1 Å². The summed E-state index contributed by atoms with van der Waals surface area (Å²) in [7, 11) is 0. The highest BCUT2D eigenvalue weighted by Crippen LogP contribution is 2.27. The smallest absolute Gasteiger partial charge is 0.120 e. The van der Waals surface area contributed by atoms with Crippen LogP contribution in [0.2, 0.25) is 0 Å². The monoisotopic (exact) mass is 299 g/mol. The Labute approximate surface area is 113 Å². The van der Waals surface area contributed by atoms with E-state index in [1.165, 1.54) is 15.6 Å². The number of benzene rings is 1. The minimum absolute atomic E-state index is 0.245. The van der Waals surface area contributed by atoms with Crippen LogP contribution in [0.4, 0.5) is 0 Å². The molecule has 96 valence electrons. The van der Waals surface area contributed by atoms with Crippen molar-refractivity contribution >= 4 is 15.9 Å². The van der Waals surface area contributed by atoms with Gasteiger partial charge in [-0.2, -0.15) is 0 Å². The predicted molar refractivity (Wildman–Crippen MR) is 76.9 cm³/mol. The number of aryl methyl sites for hydroxylation is 2. The lowest BCUT2D eigenvalue weighted by atomic mass is 10.1. The van der Waals surface area contributed by atoms with E-state index in [4.69, 9.17) is 4.74 Å². The molecule has 0 bridgehead atoms. The van der Waals surface area contributed by atoms with Crippen molar-refractivity contribution in [2.45, 2.75) is 40.2 Å². The predicted octanol–water partition coefficient (Wildman–Crippen LogP) is 3.83. The largest absolute Gasteiger partial charge is 0.489 e. The summed E-state index contributed by atoms with van der Waals surface area (Å²) >= 11 is 3.57. The second-order valence-electron chi connectivity index (χ2n) is 4.33. The number of hydrogen-bond donors (Lipinski definition) is 1. The zero-order valence-electron chi connectivity index (χ0n) is 11.1. The first-order valence-corrected chi connectivity index (χ1v) is 7.01. The molecular weight excluding hydrogens is 278 g/mol. The number of nitrogens with one attached hydrogen (secondary N) is 1. The fourth-order valence-corrected chi connectivity index (χ4v) is 1.97. The van der Waals surface area contributed by atoms with Gasteiger partial charge in [0.15, 0.2) is 0 Å². The maximum atomic E-state index is 6.00. The molecule has 1 atom stereocenters. The molecule has 1 aromatic rings. The molecule has 0 aliphatic rings. The molecule has 1 rings (SSSR count). The molecule has 0 aliphatic heterocycles. The van der Waals surface area contributed by atoms with Crippen molar-refractivity contribution in [3.05, 3.63) is 27.7 Å². The highest BCUT2D eigenvalue weighted by atomic mass is 79.9. The number of halogens is 1. The van der Waals surface area contributed by atoms with Crippen LogP contribution in [0, 0.1) is 13.8 Å². The first-order chi connectivity index (χ1) is 8.08. The topological polar surface area (TPSA) is 21.3 Å². The van der Waals surface area contributed by atoms with E-state index in [-0.39, 0.29) is 6.10 Å². The van der Waals surface area contributed by atoms with E-state index >= 15 is 0 Å². The minimum Gasteiger partial charge on any atom is -0.489 e. The normalized spacial score (nSPS) is 12.5. The van der Waals surface area contributed by atoms with Crippen molar-refractivity contribution in [1.82, 2.24) is 5.32 Å². The Morgan fingerprint density at radius 1 is 1.24 bits per heavy atom. The lowest BCUT2D eigenvalue weighted by Crippen LogP contribution is -2.30. The number of rotatable bonds is 6. The van der Waals surface area contributed by atoms with Crippen LogP contribution in [0.3, 0.4) is 0 Å². The van der Waals surface area contributed by atoms with Crippen molar-refractivity contribution in [3.63, 3.8) is 0 Å². The molecule has 3 heteroatoms. The third-order valence-corrected chi connectivity index (χ3v) is 4.04. The molecule has 0 aromatic heterocycles. The molecule has 0 amide bonds. The second kappa shape index (κ2) is 7.02. The second-order valence-corrected chi connectivity index (χ2v) is 5.12. The number of hydrogen-bond acceptors (Lipinski definition) is 2. The fourth-order valence-electron chi connectivity index (χ4n) is 1.74. The molecule has 0 heterocycles. The number of likely N-dealkylation sites (N-methyl/N-ethyl adjacent to an activating group) is 1. The molecule has 0 saturated carbocycles. The van der Waals surface area contributed by atoms with Crippen LogP contribution >= 0.6 is 15.9 Å². The molecule has 1 unspecified atom stereocenters. The van der Waals surface area contributed by atoms with Crippen LogP contribution in [0.1, 0.15) is 31.4 Å². The van der Waals surface area contributed by atoms with E-state index in [0.29, 0.717) is 0 Å². The summed E-state index contributed by atoms with van der Waals surface area (Å²) in [6, 6.07) is 4.18. The van der Waals surface area contributed by atoms with Crippen molar-refractivity contribution in [2.24, 2.45) is 0 Å². The summed E-state index contributed by atoms with van der Waals surface area (Å²) in [5.41, 5.74) is 2.44. The first kappa shape index (κ1) is 14.5. The molecule has 0 radical (unpaired) electrons. The standard InChI is InChI=1S/C14H22BrNO/c1-5-12(9-16-6-2)17-13-7-10(3)14(15)11(4)8-13/h7-8,12,16H,5-6,9H2,1-4H3. The lowest BCUT2D eigenvalue weighted by molar-refractivity contribution is 0.194. The SMILES string of the molecule is CCNCC(CC)Oc1cc(C)c(Br)c(C)c1. The van der Waals surface area contributed by atoms with E-state index in [0.717, 1.165) is 25.3 Å². The molecule has 0 fully saturated rings. The summed E-state index contributed by atoms with van der Waals surface area (Å²) in [6.45, 7) is 10.3. The van der Waals surface area contributed by atoms with Crippen LogP contribution in [0.25, 0.3) is 0 Å². The maximum absolute atomic E-state index is 6.00. The van der Waals surface area contributed by atoms with E-state index in [9.17, 15) is 0 Å².